The summed E-state index contributed by atoms with van der Waals surface area (Å²) in [5.74, 6) is -2.12. The molecule has 3 rings (SSSR count). The SMILES string of the molecule is O=S(=O)(Nc1ccccc1NC(=S)Nc1ccc(F)cc1F)c1ccc(F)cc1. The third-order valence-corrected chi connectivity index (χ3v) is 5.31. The second-order valence-corrected chi connectivity index (χ2v) is 7.90. The summed E-state index contributed by atoms with van der Waals surface area (Å²) in [4.78, 5) is -0.122. The summed E-state index contributed by atoms with van der Waals surface area (Å²) in [5, 5.41) is 5.29. The first kappa shape index (κ1) is 20.6. The highest BCUT2D eigenvalue weighted by atomic mass is 32.2. The van der Waals surface area contributed by atoms with Crippen LogP contribution in [0.25, 0.3) is 0 Å². The molecule has 0 amide bonds. The number of para-hydroxylation sites is 2. The zero-order valence-corrected chi connectivity index (χ0v) is 16.3. The smallest absolute Gasteiger partial charge is 0.261 e. The first-order valence-corrected chi connectivity index (χ1v) is 10.0. The standard InChI is InChI=1S/C19H14F3N3O2S2/c20-12-5-8-14(9-6-12)29(26,27)25-18-4-2-1-3-17(18)24-19(28)23-16-10-7-13(21)11-15(16)22/h1-11,25H,(H2,23,24,28). The van der Waals surface area contributed by atoms with E-state index < -0.39 is 27.5 Å². The van der Waals surface area contributed by atoms with Gasteiger partial charge in [-0.1, -0.05) is 12.1 Å². The van der Waals surface area contributed by atoms with Crippen molar-refractivity contribution in [2.45, 2.75) is 4.90 Å². The van der Waals surface area contributed by atoms with Crippen LogP contribution in [0.5, 0.6) is 0 Å². The molecule has 3 aromatic rings. The fourth-order valence-corrected chi connectivity index (χ4v) is 3.66. The number of halogens is 3. The monoisotopic (exact) mass is 437 g/mol. The second-order valence-electron chi connectivity index (χ2n) is 5.81. The molecule has 150 valence electrons. The van der Waals surface area contributed by atoms with Crippen molar-refractivity contribution in [3.05, 3.63) is 84.2 Å². The normalized spacial score (nSPS) is 11.0. The van der Waals surface area contributed by atoms with Crippen LogP contribution < -0.4 is 15.4 Å². The van der Waals surface area contributed by atoms with Gasteiger partial charge in [-0.3, -0.25) is 4.72 Å². The predicted molar refractivity (Wildman–Crippen MR) is 110 cm³/mol. The van der Waals surface area contributed by atoms with Crippen molar-refractivity contribution >= 4 is 44.4 Å². The Morgan fingerprint density at radius 1 is 0.759 bits per heavy atom. The summed E-state index contributed by atoms with van der Waals surface area (Å²) in [6.45, 7) is 0. The van der Waals surface area contributed by atoms with Crippen LogP contribution in [0.1, 0.15) is 0 Å². The van der Waals surface area contributed by atoms with E-state index in [9.17, 15) is 21.6 Å². The molecule has 0 fully saturated rings. The molecule has 0 heterocycles. The zero-order valence-electron chi connectivity index (χ0n) is 14.6. The average Bonchev–Trinajstić information content (AvgIpc) is 2.66. The van der Waals surface area contributed by atoms with E-state index in [2.05, 4.69) is 15.4 Å². The highest BCUT2D eigenvalue weighted by Gasteiger charge is 2.16. The van der Waals surface area contributed by atoms with Crippen LogP contribution >= 0.6 is 12.2 Å². The quantitative estimate of drug-likeness (QED) is 0.504. The molecule has 0 aliphatic carbocycles. The number of benzene rings is 3. The van der Waals surface area contributed by atoms with Gasteiger partial charge in [0.15, 0.2) is 5.11 Å². The molecular weight excluding hydrogens is 423 g/mol. The Balaban J connectivity index is 1.78. The number of hydrogen-bond donors (Lipinski definition) is 3. The van der Waals surface area contributed by atoms with Crippen LogP contribution in [0.3, 0.4) is 0 Å². The lowest BCUT2D eigenvalue weighted by molar-refractivity contribution is 0.586. The van der Waals surface area contributed by atoms with Crippen LogP contribution in [-0.2, 0) is 10.0 Å². The highest BCUT2D eigenvalue weighted by Crippen LogP contribution is 2.25. The lowest BCUT2D eigenvalue weighted by Crippen LogP contribution is -2.21. The van der Waals surface area contributed by atoms with Crippen LogP contribution in [0.4, 0.5) is 30.2 Å². The van der Waals surface area contributed by atoms with Crippen molar-refractivity contribution in [3.8, 4) is 0 Å². The van der Waals surface area contributed by atoms with E-state index in [0.717, 1.165) is 30.3 Å². The lowest BCUT2D eigenvalue weighted by Gasteiger charge is -2.16. The Kier molecular flexibility index (Phi) is 6.04. The molecule has 0 aliphatic rings. The molecule has 3 aromatic carbocycles. The number of sulfonamides is 1. The van der Waals surface area contributed by atoms with Crippen LogP contribution in [0.2, 0.25) is 0 Å². The number of hydrogen-bond acceptors (Lipinski definition) is 3. The van der Waals surface area contributed by atoms with Gasteiger partial charge in [0.25, 0.3) is 10.0 Å². The van der Waals surface area contributed by atoms with E-state index in [1.165, 1.54) is 12.1 Å². The average molecular weight is 437 g/mol. The van der Waals surface area contributed by atoms with Gasteiger partial charge in [0.1, 0.15) is 17.5 Å². The minimum absolute atomic E-state index is 0.0380. The molecular formula is C19H14F3N3O2S2. The highest BCUT2D eigenvalue weighted by molar-refractivity contribution is 7.92. The van der Waals surface area contributed by atoms with E-state index in [1.54, 1.807) is 18.2 Å². The second kappa shape index (κ2) is 8.50. The molecule has 0 radical (unpaired) electrons. The van der Waals surface area contributed by atoms with Gasteiger partial charge in [0.05, 0.1) is 22.0 Å². The van der Waals surface area contributed by atoms with Crippen LogP contribution in [-0.4, -0.2) is 13.5 Å². The maximum absolute atomic E-state index is 13.8. The summed E-state index contributed by atoms with van der Waals surface area (Å²) < 4.78 is 67.2. The molecule has 0 unspecified atom stereocenters. The largest absolute Gasteiger partial charge is 0.331 e. The van der Waals surface area contributed by atoms with E-state index in [4.69, 9.17) is 12.2 Å². The van der Waals surface area contributed by atoms with Crippen molar-refractivity contribution in [1.29, 1.82) is 0 Å². The maximum atomic E-state index is 13.8. The van der Waals surface area contributed by atoms with Gasteiger partial charge >= 0.3 is 0 Å². The van der Waals surface area contributed by atoms with E-state index in [0.29, 0.717) is 11.8 Å². The molecule has 5 nitrogen and oxygen atoms in total. The summed E-state index contributed by atoms with van der Waals surface area (Å²) >= 11 is 5.12. The molecule has 10 heteroatoms. The summed E-state index contributed by atoms with van der Waals surface area (Å²) in [5.41, 5.74) is 0.409. The summed E-state index contributed by atoms with van der Waals surface area (Å²) in [6.07, 6.45) is 0. The Hall–Kier alpha value is -3.11. The molecule has 0 saturated heterocycles. The molecule has 29 heavy (non-hydrogen) atoms. The molecule has 0 saturated carbocycles. The van der Waals surface area contributed by atoms with Gasteiger partial charge in [0, 0.05) is 6.07 Å². The molecule has 0 aromatic heterocycles. The maximum Gasteiger partial charge on any atom is 0.261 e. The number of anilines is 3. The van der Waals surface area contributed by atoms with Crippen molar-refractivity contribution < 1.29 is 21.6 Å². The third kappa shape index (κ3) is 5.24. The van der Waals surface area contributed by atoms with E-state index in [-0.39, 0.29) is 21.4 Å². The lowest BCUT2D eigenvalue weighted by atomic mass is 10.3. The Morgan fingerprint density at radius 2 is 1.34 bits per heavy atom. The van der Waals surface area contributed by atoms with Gasteiger partial charge < -0.3 is 10.6 Å². The topological polar surface area (TPSA) is 70.2 Å². The van der Waals surface area contributed by atoms with Gasteiger partial charge in [0.2, 0.25) is 0 Å². The van der Waals surface area contributed by atoms with Crippen molar-refractivity contribution in [2.24, 2.45) is 0 Å². The van der Waals surface area contributed by atoms with Crippen molar-refractivity contribution in [2.75, 3.05) is 15.4 Å². The molecule has 0 atom stereocenters. The summed E-state index contributed by atoms with van der Waals surface area (Å²) in [7, 11) is -3.98. The van der Waals surface area contributed by atoms with Gasteiger partial charge in [-0.15, -0.1) is 0 Å². The van der Waals surface area contributed by atoms with Crippen molar-refractivity contribution in [3.63, 3.8) is 0 Å². The van der Waals surface area contributed by atoms with Gasteiger partial charge in [-0.25, -0.2) is 21.6 Å². The number of thiocarbonyl (C=S) groups is 1. The molecule has 0 bridgehead atoms. The molecule has 0 aliphatic heterocycles. The first-order valence-electron chi connectivity index (χ1n) is 8.15. The van der Waals surface area contributed by atoms with E-state index >= 15 is 0 Å². The Labute approximate surface area is 170 Å². The van der Waals surface area contributed by atoms with Gasteiger partial charge in [-0.2, -0.15) is 0 Å². The number of nitrogens with one attached hydrogen (secondary N) is 3. The van der Waals surface area contributed by atoms with E-state index in [1.807, 2.05) is 0 Å². The fraction of sp³-hybridized carbons (Fsp3) is 0. The van der Waals surface area contributed by atoms with Crippen LogP contribution in [0, 0.1) is 17.5 Å². The molecule has 3 N–H and O–H groups in total. The zero-order chi connectivity index (χ0) is 21.0. The van der Waals surface area contributed by atoms with Gasteiger partial charge in [-0.05, 0) is 60.7 Å². The fourth-order valence-electron chi connectivity index (χ4n) is 2.37. The minimum atomic E-state index is -3.98. The number of rotatable bonds is 5. The Morgan fingerprint density at radius 3 is 2.00 bits per heavy atom. The first-order chi connectivity index (χ1) is 13.7. The minimum Gasteiger partial charge on any atom is -0.331 e. The van der Waals surface area contributed by atoms with Crippen LogP contribution in [0.15, 0.2) is 71.6 Å². The molecule has 0 spiro atoms. The van der Waals surface area contributed by atoms with Crippen molar-refractivity contribution in [1.82, 2.24) is 0 Å². The third-order valence-electron chi connectivity index (χ3n) is 3.72. The Bertz CT molecular complexity index is 1150. The summed E-state index contributed by atoms with van der Waals surface area (Å²) in [6, 6.07) is 13.6. The predicted octanol–water partition coefficient (Wildman–Crippen LogP) is 4.71.